The number of hydrogen-bond acceptors (Lipinski definition) is 10. The molecule has 0 aliphatic carbocycles. The van der Waals surface area contributed by atoms with Crippen molar-refractivity contribution in [2.75, 3.05) is 23.0 Å². The molecule has 3 aliphatic rings. The molecular weight excluding hydrogens is 733 g/mol. The minimum absolute atomic E-state index is 0.0972. The molecule has 0 radical (unpaired) electrons. The molecule has 15 heteroatoms. The monoisotopic (exact) mass is 774 g/mol. The number of aliphatic hydroxyl groups excluding tert-OH is 1. The number of aliphatic hydroxyl groups is 1. The Morgan fingerprint density at radius 2 is 1.77 bits per heavy atom. The zero-order valence-corrected chi connectivity index (χ0v) is 32.2. The van der Waals surface area contributed by atoms with Crippen LogP contribution in [0.4, 0.5) is 22.7 Å². The highest BCUT2D eigenvalue weighted by Gasteiger charge is 2.66. The molecule has 56 heavy (non-hydrogen) atoms. The van der Waals surface area contributed by atoms with Gasteiger partial charge in [-0.2, -0.15) is 0 Å². The predicted octanol–water partition coefficient (Wildman–Crippen LogP) is 5.80. The van der Waals surface area contributed by atoms with Gasteiger partial charge in [-0.05, 0) is 61.0 Å². The van der Waals surface area contributed by atoms with Gasteiger partial charge in [-0.3, -0.25) is 29.3 Å². The number of nitrogens with zero attached hydrogens (tertiary/aromatic N) is 6. The van der Waals surface area contributed by atoms with Crippen molar-refractivity contribution >= 4 is 42.9 Å². The zero-order chi connectivity index (χ0) is 39.4. The maximum absolute atomic E-state index is 15.1. The molecule has 1 aromatic heterocycles. The number of hydrogen-bond donors (Lipinski definition) is 2. The summed E-state index contributed by atoms with van der Waals surface area (Å²) in [6, 6.07) is 28.6. The Hall–Kier alpha value is -5.74. The Bertz CT molecular complexity index is 2310. The van der Waals surface area contributed by atoms with Crippen molar-refractivity contribution in [1.29, 1.82) is 0 Å². The molecule has 1 unspecified atom stereocenters. The predicted molar refractivity (Wildman–Crippen MR) is 209 cm³/mol. The van der Waals surface area contributed by atoms with Crippen molar-refractivity contribution in [3.05, 3.63) is 136 Å². The van der Waals surface area contributed by atoms with Gasteiger partial charge in [0, 0.05) is 47.6 Å². The third kappa shape index (κ3) is 6.35. The quantitative estimate of drug-likeness (QED) is 0.0949. The Kier molecular flexibility index (Phi) is 9.56. The van der Waals surface area contributed by atoms with Gasteiger partial charge in [0.05, 0.1) is 47.2 Å². The molecule has 14 nitrogen and oxygen atoms in total. The van der Waals surface area contributed by atoms with Crippen LogP contribution in [-0.2, 0) is 33.0 Å². The summed E-state index contributed by atoms with van der Waals surface area (Å²) >= 11 is 0. The van der Waals surface area contributed by atoms with Crippen molar-refractivity contribution in [1.82, 2.24) is 15.0 Å². The number of nitro benzene ring substituents is 1. The second kappa shape index (κ2) is 14.4. The van der Waals surface area contributed by atoms with Crippen LogP contribution in [0.5, 0.6) is 5.75 Å². The van der Waals surface area contributed by atoms with Gasteiger partial charge in [-0.25, -0.2) is 0 Å². The first-order valence-corrected chi connectivity index (χ1v) is 21.6. The lowest BCUT2D eigenvalue weighted by Crippen LogP contribution is -2.46. The molecule has 8 rings (SSSR count). The summed E-state index contributed by atoms with van der Waals surface area (Å²) in [6.45, 7) is 5.73. The number of carbonyl (C=O) groups is 2. The van der Waals surface area contributed by atoms with Crippen molar-refractivity contribution < 1.29 is 33.9 Å². The highest BCUT2D eigenvalue weighted by Crippen LogP contribution is 2.60. The van der Waals surface area contributed by atoms with E-state index in [1.807, 2.05) is 92.8 Å². The molecule has 0 bridgehead atoms. The summed E-state index contributed by atoms with van der Waals surface area (Å²) in [5.74, 6) is -0.923. The van der Waals surface area contributed by atoms with Crippen LogP contribution in [0.15, 0.2) is 103 Å². The van der Waals surface area contributed by atoms with Crippen molar-refractivity contribution in [2.45, 2.75) is 62.7 Å². The second-order valence-electron chi connectivity index (χ2n) is 15.2. The van der Waals surface area contributed by atoms with E-state index in [0.29, 0.717) is 47.0 Å². The minimum Gasteiger partial charge on any atom is -0.482 e. The molecule has 4 heterocycles. The van der Waals surface area contributed by atoms with Crippen molar-refractivity contribution in [3.8, 4) is 5.75 Å². The Morgan fingerprint density at radius 3 is 2.52 bits per heavy atom. The largest absolute Gasteiger partial charge is 0.482 e. The Morgan fingerprint density at radius 1 is 1.00 bits per heavy atom. The molecule has 2 amide bonds. The fourth-order valence-corrected chi connectivity index (χ4v) is 11.5. The molecule has 0 saturated carbocycles. The number of fused-ring (bicyclic) bond motifs is 3. The summed E-state index contributed by atoms with van der Waals surface area (Å²) < 4.78 is 14.3. The molecule has 288 valence electrons. The van der Waals surface area contributed by atoms with Crippen molar-refractivity contribution in [2.24, 2.45) is 5.92 Å². The second-order valence-corrected chi connectivity index (χ2v) is 19.2. The van der Waals surface area contributed by atoms with Gasteiger partial charge in [-0.1, -0.05) is 66.7 Å². The van der Waals surface area contributed by atoms with E-state index in [4.69, 9.17) is 9.47 Å². The van der Waals surface area contributed by atoms with Crippen LogP contribution in [0.25, 0.3) is 0 Å². The van der Waals surface area contributed by atoms with Crippen LogP contribution in [0, 0.1) is 16.0 Å². The van der Waals surface area contributed by atoms with Crippen LogP contribution in [0.1, 0.15) is 41.6 Å². The summed E-state index contributed by atoms with van der Waals surface area (Å²) in [7, 11) is -3.04. The van der Waals surface area contributed by atoms with E-state index in [-0.39, 0.29) is 43.2 Å². The minimum atomic E-state index is -3.04. The van der Waals surface area contributed by atoms with Gasteiger partial charge >= 0.3 is 0 Å². The number of amides is 2. The van der Waals surface area contributed by atoms with Gasteiger partial charge < -0.3 is 24.3 Å². The lowest BCUT2D eigenvalue weighted by molar-refractivity contribution is -0.385. The highest BCUT2D eigenvalue weighted by atomic mass is 28.4. The maximum Gasteiger partial charge on any atom is 0.269 e. The van der Waals surface area contributed by atoms with Gasteiger partial charge in [0.1, 0.15) is 5.75 Å². The smallest absolute Gasteiger partial charge is 0.269 e. The number of para-hydroxylation sites is 2. The average Bonchev–Trinajstić information content (AvgIpc) is 3.84. The van der Waals surface area contributed by atoms with E-state index in [2.05, 4.69) is 10.3 Å². The number of carbonyl (C=O) groups excluding carboxylic acids is 2. The third-order valence-electron chi connectivity index (χ3n) is 11.3. The number of anilines is 3. The first-order chi connectivity index (χ1) is 26.9. The molecule has 1 saturated heterocycles. The normalized spacial score (nSPS) is 22.3. The van der Waals surface area contributed by atoms with E-state index in [0.717, 1.165) is 11.1 Å². The molecule has 1 spiro atoms. The lowest BCUT2D eigenvalue weighted by atomic mass is 9.82. The van der Waals surface area contributed by atoms with E-state index in [9.17, 15) is 24.8 Å². The fraction of sp³-hybridized carbons (Fsp3) is 0.317. The lowest BCUT2D eigenvalue weighted by Gasteiger charge is -2.32. The van der Waals surface area contributed by atoms with Gasteiger partial charge in [0.25, 0.3) is 17.5 Å². The third-order valence-corrected chi connectivity index (χ3v) is 13.8. The van der Waals surface area contributed by atoms with E-state index >= 15 is 4.79 Å². The topological polar surface area (TPSA) is 173 Å². The van der Waals surface area contributed by atoms with E-state index in [1.54, 1.807) is 32.8 Å². The van der Waals surface area contributed by atoms with Crippen molar-refractivity contribution in [3.63, 3.8) is 0 Å². The van der Waals surface area contributed by atoms with Crippen LogP contribution >= 0.6 is 0 Å². The van der Waals surface area contributed by atoms with Gasteiger partial charge in [-0.15, -0.1) is 5.10 Å². The standard InChI is InChI=1S/C41H42N6O8Si/c1-26-39(56(2,3)53)37(18-19-44-23-33(42-43-44)31(24-48)28-11-5-4-6-12-28)55-41(26)32-21-30(47(51)52)16-17-34(32)45(40(41)50)22-27-10-9-13-29(20-27)46-35-14-7-8-15-36(35)54-25-38(46)49/h4-17,20-21,23,26,31,37,39,48,53H,18-19,22,24-25H2,1-3H3/t26-,31?,37+,39-,41+/m0/s1. The van der Waals surface area contributed by atoms with Crippen LogP contribution in [0.2, 0.25) is 18.6 Å². The molecule has 4 aromatic carbocycles. The number of rotatable bonds is 11. The first-order valence-electron chi connectivity index (χ1n) is 18.6. The van der Waals surface area contributed by atoms with Gasteiger partial charge in [0.2, 0.25) is 0 Å². The number of ether oxygens (including phenoxy) is 2. The Labute approximate surface area is 324 Å². The molecule has 1 fully saturated rings. The summed E-state index contributed by atoms with van der Waals surface area (Å²) in [6.07, 6.45) is 1.57. The first kappa shape index (κ1) is 37.2. The van der Waals surface area contributed by atoms with Crippen LogP contribution in [0.3, 0.4) is 0 Å². The molecular formula is C41H42N6O8Si. The van der Waals surface area contributed by atoms with Gasteiger partial charge in [0.15, 0.2) is 20.5 Å². The summed E-state index contributed by atoms with van der Waals surface area (Å²) in [4.78, 5) is 54.8. The number of non-ortho nitro benzene ring substituents is 1. The summed E-state index contributed by atoms with van der Waals surface area (Å²) in [5.41, 5.74) is 2.14. The number of benzene rings is 4. The highest BCUT2D eigenvalue weighted by molar-refractivity contribution is 6.71. The SMILES string of the molecule is C[C@H]1[C@H]([Si](C)(C)O)[C@@H](CCn2cc(C(CO)c3ccccc3)nn2)O[C@]12C(=O)N(Cc1cccc(N3C(=O)COc4ccccc43)c1)c1ccc([N+](=O)[O-])cc12. The van der Waals surface area contributed by atoms with Crippen LogP contribution < -0.4 is 14.5 Å². The number of nitro groups is 1. The molecule has 2 N–H and O–H groups in total. The summed E-state index contributed by atoms with van der Waals surface area (Å²) in [5, 5.41) is 31.0. The zero-order valence-electron chi connectivity index (χ0n) is 31.2. The van der Waals surface area contributed by atoms with E-state index in [1.165, 1.54) is 12.1 Å². The van der Waals surface area contributed by atoms with Crippen LogP contribution in [-0.4, -0.2) is 69.3 Å². The van der Waals surface area contributed by atoms with E-state index < -0.39 is 36.4 Å². The average molecular weight is 775 g/mol. The maximum atomic E-state index is 15.1. The molecule has 5 atom stereocenters. The Balaban J connectivity index is 1.11. The number of aryl methyl sites for hydroxylation is 1. The number of aromatic nitrogens is 3. The molecule has 3 aliphatic heterocycles. The fourth-order valence-electron chi connectivity index (χ4n) is 8.86. The molecule has 5 aromatic rings.